The molecule has 13 nitrogen and oxygen atoms in total. The molecule has 0 bridgehead atoms. The molecule has 5 fully saturated rings. The van der Waals surface area contributed by atoms with Crippen molar-refractivity contribution in [2.24, 2.45) is 5.41 Å². The number of amides is 3. The molecule has 1 unspecified atom stereocenters. The molecule has 0 aromatic heterocycles. The van der Waals surface area contributed by atoms with Crippen LogP contribution in [-0.2, 0) is 9.59 Å². The highest BCUT2D eigenvalue weighted by Gasteiger charge is 2.40. The first kappa shape index (κ1) is 42.8. The van der Waals surface area contributed by atoms with Gasteiger partial charge in [0.2, 0.25) is 11.8 Å². The van der Waals surface area contributed by atoms with Gasteiger partial charge in [0.05, 0.1) is 21.8 Å². The van der Waals surface area contributed by atoms with Crippen molar-refractivity contribution in [2.75, 3.05) is 94.2 Å². The van der Waals surface area contributed by atoms with Crippen LogP contribution in [0.4, 0.5) is 17.1 Å². The number of hydrogen-bond donors (Lipinski definition) is 1. The van der Waals surface area contributed by atoms with Crippen LogP contribution in [0.15, 0.2) is 60.7 Å². The van der Waals surface area contributed by atoms with E-state index in [9.17, 15) is 24.0 Å². The Morgan fingerprint density at radius 3 is 2.15 bits per heavy atom. The minimum atomic E-state index is -0.761. The summed E-state index contributed by atoms with van der Waals surface area (Å²) < 4.78 is 0. The van der Waals surface area contributed by atoms with Gasteiger partial charge in [0.1, 0.15) is 18.4 Å². The Kier molecular flexibility index (Phi) is 13.5. The number of rotatable bonds is 8. The number of anilines is 3. The number of imide groups is 1. The molecule has 8 rings (SSSR count). The molecule has 60 heavy (non-hydrogen) atoms. The number of nitriles is 1. The zero-order valence-corrected chi connectivity index (χ0v) is 35.4. The summed E-state index contributed by atoms with van der Waals surface area (Å²) in [5.41, 5.74) is 5.30. The lowest BCUT2D eigenvalue weighted by Gasteiger charge is -2.44. The Morgan fingerprint density at radius 2 is 1.52 bits per heavy atom. The average Bonchev–Trinajstić information content (AvgIpc) is 3.64. The Balaban J connectivity index is 0.000000227. The lowest BCUT2D eigenvalue weighted by Crippen LogP contribution is -2.54. The summed E-state index contributed by atoms with van der Waals surface area (Å²) in [5, 5.41) is 11.8. The summed E-state index contributed by atoms with van der Waals surface area (Å²) in [6.45, 7) is 9.84. The molecule has 5 saturated heterocycles. The first-order valence-corrected chi connectivity index (χ1v) is 21.5. The van der Waals surface area contributed by atoms with Crippen molar-refractivity contribution < 1.29 is 24.0 Å². The van der Waals surface area contributed by atoms with Crippen LogP contribution in [0.5, 0.6) is 0 Å². The molecule has 3 aromatic rings. The largest absolute Gasteiger partial charge is 0.371 e. The van der Waals surface area contributed by atoms with Gasteiger partial charge in [0.15, 0.2) is 6.29 Å². The molecule has 5 heterocycles. The van der Waals surface area contributed by atoms with E-state index in [0.29, 0.717) is 50.7 Å². The van der Waals surface area contributed by atoms with Gasteiger partial charge in [0.25, 0.3) is 5.91 Å². The third-order valence-corrected chi connectivity index (χ3v) is 13.6. The number of likely N-dealkylation sites (N-methyl/N-ethyl adjacent to an activating group) is 1. The Hall–Kier alpha value is -5.29. The second-order valence-electron chi connectivity index (χ2n) is 16.9. The first-order chi connectivity index (χ1) is 29.0. The van der Waals surface area contributed by atoms with Gasteiger partial charge in [-0.05, 0) is 93.9 Å². The van der Waals surface area contributed by atoms with Crippen molar-refractivity contribution in [1.29, 1.82) is 5.26 Å². The smallest absolute Gasteiger partial charge is 0.257 e. The number of halogens is 1. The standard InChI is InChI=1S/C30H35N5O5.C16H20ClN3/c1-32(26-8-9-27(38)31-29(26)39)30(40)28-22(20-37)5-3-7-25(28)35-12-10-23(11-13-35)33-14-16-34(17-15-33)24-6-2-4-21(18-24)19-36;1-19-7-4-16(12-19)5-8-20(9-6-16)14-3-2-13(11-18)15(17)10-14/h2-7,18-20,23,26H,8-17H2,1H3,(H,31,38,39);2-3,10H,4-9,12H2,1H3. The van der Waals surface area contributed by atoms with Gasteiger partial charge in [-0.1, -0.05) is 35.9 Å². The van der Waals surface area contributed by atoms with E-state index in [1.54, 1.807) is 19.2 Å². The van der Waals surface area contributed by atoms with E-state index < -0.39 is 17.9 Å². The number of likely N-dealkylation sites (tertiary alicyclic amines) is 1. The molecule has 1 spiro atoms. The van der Waals surface area contributed by atoms with Crippen molar-refractivity contribution >= 4 is 59.0 Å². The number of piperidine rings is 3. The van der Waals surface area contributed by atoms with Gasteiger partial charge < -0.3 is 24.5 Å². The van der Waals surface area contributed by atoms with E-state index in [-0.39, 0.29) is 18.7 Å². The van der Waals surface area contributed by atoms with Crippen molar-refractivity contribution in [1.82, 2.24) is 20.0 Å². The maximum atomic E-state index is 13.7. The molecule has 1 atom stereocenters. The van der Waals surface area contributed by atoms with Crippen LogP contribution in [0, 0.1) is 16.7 Å². The highest BCUT2D eigenvalue weighted by Crippen LogP contribution is 2.41. The van der Waals surface area contributed by atoms with Gasteiger partial charge in [-0.15, -0.1) is 0 Å². The van der Waals surface area contributed by atoms with Gasteiger partial charge >= 0.3 is 0 Å². The normalized spacial score (nSPS) is 21.2. The van der Waals surface area contributed by atoms with Crippen LogP contribution in [0.25, 0.3) is 0 Å². The zero-order chi connectivity index (χ0) is 42.4. The third kappa shape index (κ3) is 9.51. The van der Waals surface area contributed by atoms with Crippen LogP contribution in [0.3, 0.4) is 0 Å². The topological polar surface area (TPSA) is 141 Å². The van der Waals surface area contributed by atoms with E-state index >= 15 is 0 Å². The van der Waals surface area contributed by atoms with E-state index in [1.165, 1.54) is 37.3 Å². The summed E-state index contributed by atoms with van der Waals surface area (Å²) in [4.78, 5) is 74.0. The fraction of sp³-hybridized carbons (Fsp3) is 0.478. The molecular formula is C46H55ClN8O5. The maximum absolute atomic E-state index is 13.7. The molecular weight excluding hydrogens is 780 g/mol. The summed E-state index contributed by atoms with van der Waals surface area (Å²) in [6, 6.07) is 20.5. The number of carbonyl (C=O) groups is 5. The SMILES string of the molecule is CN(C(=O)c1c(C=O)cccc1N1CCC(N2CCN(c3cccc(C=O)c3)CC2)CC1)C1CCC(=O)NC1=O.CN1CCC2(CCN(c3ccc(C#N)c(Cl)c3)CC2)C1. The van der Waals surface area contributed by atoms with Crippen molar-refractivity contribution in [3.8, 4) is 6.07 Å². The number of hydrogen-bond acceptors (Lipinski definition) is 11. The lowest BCUT2D eigenvalue weighted by molar-refractivity contribution is -0.136. The highest BCUT2D eigenvalue weighted by atomic mass is 35.5. The monoisotopic (exact) mass is 834 g/mol. The summed E-state index contributed by atoms with van der Waals surface area (Å²) in [6.07, 6.45) is 7.71. The highest BCUT2D eigenvalue weighted by molar-refractivity contribution is 6.32. The molecule has 3 aromatic carbocycles. The molecule has 5 aliphatic heterocycles. The number of nitrogens with zero attached hydrogens (tertiary/aromatic N) is 7. The van der Waals surface area contributed by atoms with Gasteiger partial charge in [-0.2, -0.15) is 5.26 Å². The number of aldehydes is 2. The fourth-order valence-electron chi connectivity index (χ4n) is 9.73. The van der Waals surface area contributed by atoms with Gasteiger partial charge in [-0.3, -0.25) is 34.2 Å². The minimum Gasteiger partial charge on any atom is -0.371 e. The molecule has 316 valence electrons. The molecule has 0 aliphatic carbocycles. The van der Waals surface area contributed by atoms with Gasteiger partial charge in [-0.25, -0.2) is 0 Å². The molecule has 1 N–H and O–H groups in total. The Labute approximate surface area is 357 Å². The van der Waals surface area contributed by atoms with E-state index in [4.69, 9.17) is 16.9 Å². The van der Waals surface area contributed by atoms with Crippen LogP contribution in [0.1, 0.15) is 81.6 Å². The number of piperazine rings is 1. The van der Waals surface area contributed by atoms with Gasteiger partial charge in [0, 0.05) is 101 Å². The third-order valence-electron chi connectivity index (χ3n) is 13.3. The van der Waals surface area contributed by atoms with Crippen LogP contribution >= 0.6 is 11.6 Å². The molecule has 0 radical (unpaired) electrons. The van der Waals surface area contributed by atoms with E-state index in [1.807, 2.05) is 48.5 Å². The lowest BCUT2D eigenvalue weighted by atomic mass is 9.77. The Morgan fingerprint density at radius 1 is 0.833 bits per heavy atom. The summed E-state index contributed by atoms with van der Waals surface area (Å²) in [7, 11) is 3.77. The average molecular weight is 835 g/mol. The second-order valence-corrected chi connectivity index (χ2v) is 17.4. The van der Waals surface area contributed by atoms with Crippen LogP contribution < -0.4 is 20.0 Å². The number of carbonyl (C=O) groups excluding carboxylic acids is 5. The molecule has 3 amide bonds. The van der Waals surface area contributed by atoms with Crippen molar-refractivity contribution in [3.05, 3.63) is 87.9 Å². The maximum Gasteiger partial charge on any atom is 0.257 e. The first-order valence-electron chi connectivity index (χ1n) is 21.1. The molecule has 5 aliphatic rings. The minimum absolute atomic E-state index is 0.170. The quantitative estimate of drug-likeness (QED) is 0.239. The zero-order valence-electron chi connectivity index (χ0n) is 34.7. The van der Waals surface area contributed by atoms with E-state index in [2.05, 4.69) is 42.9 Å². The predicted molar refractivity (Wildman–Crippen MR) is 233 cm³/mol. The van der Waals surface area contributed by atoms with Crippen molar-refractivity contribution in [3.63, 3.8) is 0 Å². The van der Waals surface area contributed by atoms with Crippen LogP contribution in [-0.4, -0.2) is 137 Å². The molecule has 14 heteroatoms. The molecule has 0 saturated carbocycles. The summed E-state index contributed by atoms with van der Waals surface area (Å²) >= 11 is 6.13. The summed E-state index contributed by atoms with van der Waals surface area (Å²) in [5.74, 6) is -1.23. The van der Waals surface area contributed by atoms with Crippen molar-refractivity contribution in [2.45, 2.75) is 57.0 Å². The van der Waals surface area contributed by atoms with E-state index in [0.717, 1.165) is 82.9 Å². The fourth-order valence-corrected chi connectivity index (χ4v) is 9.95. The second kappa shape index (κ2) is 19.0. The number of nitrogens with one attached hydrogen (secondary N) is 1. The predicted octanol–water partition coefficient (Wildman–Crippen LogP) is 5.11. The van der Waals surface area contributed by atoms with Crippen LogP contribution in [0.2, 0.25) is 5.02 Å². The Bertz CT molecular complexity index is 2120. The number of benzene rings is 3.